The third kappa shape index (κ3) is 6.77. The molecule has 0 unspecified atom stereocenters. The molecule has 1 aromatic carbocycles. The summed E-state index contributed by atoms with van der Waals surface area (Å²) < 4.78 is 32.9. The maximum Gasteiger partial charge on any atom is 0.411 e. The first kappa shape index (κ1) is 23.7. The molecule has 0 saturated carbocycles. The van der Waals surface area contributed by atoms with E-state index in [0.717, 1.165) is 5.56 Å². The molecule has 166 valence electrons. The molecule has 1 aliphatic heterocycles. The maximum absolute atomic E-state index is 12.3. The number of benzene rings is 1. The summed E-state index contributed by atoms with van der Waals surface area (Å²) in [6.45, 7) is 7.52. The molecule has 1 saturated heterocycles. The Morgan fingerprint density at radius 1 is 1.27 bits per heavy atom. The zero-order valence-electron chi connectivity index (χ0n) is 17.5. The quantitative estimate of drug-likeness (QED) is 0.490. The number of nitrogens with one attached hydrogen (secondary N) is 1. The van der Waals surface area contributed by atoms with E-state index in [1.54, 1.807) is 32.9 Å². The van der Waals surface area contributed by atoms with Gasteiger partial charge in [-0.05, 0) is 52.2 Å². The first-order valence-electron chi connectivity index (χ1n) is 9.52. The van der Waals surface area contributed by atoms with E-state index in [0.29, 0.717) is 6.54 Å². The molecule has 1 heterocycles. The van der Waals surface area contributed by atoms with Crippen LogP contribution >= 0.6 is 0 Å². The Balaban J connectivity index is 1.87. The molecule has 0 aromatic heterocycles. The number of carboxylic acids is 1. The van der Waals surface area contributed by atoms with Gasteiger partial charge in [0, 0.05) is 13.1 Å². The Kier molecular flexibility index (Phi) is 7.54. The van der Waals surface area contributed by atoms with Gasteiger partial charge in [-0.3, -0.25) is 10.2 Å². The van der Waals surface area contributed by atoms with Crippen LogP contribution < -0.4 is 5.32 Å². The molecule has 1 fully saturated rings. The van der Waals surface area contributed by atoms with Crippen molar-refractivity contribution in [3.63, 3.8) is 0 Å². The van der Waals surface area contributed by atoms with Crippen LogP contribution in [-0.2, 0) is 19.6 Å². The maximum atomic E-state index is 12.3. The zero-order valence-corrected chi connectivity index (χ0v) is 18.3. The van der Waals surface area contributed by atoms with E-state index >= 15 is 0 Å². The summed E-state index contributed by atoms with van der Waals surface area (Å²) in [6.07, 6.45) is -0.401. The summed E-state index contributed by atoms with van der Waals surface area (Å²) in [5, 5.41) is 16.0. The SMILES string of the molecule is Cc1ccc(S(=O)(=O)N=NCNC[C@@H]2C[C@H](C(=O)O)N(C(=O)OC(C)(C)C)C2)cc1. The minimum atomic E-state index is -3.86. The molecule has 10 nitrogen and oxygen atoms in total. The van der Waals surface area contributed by atoms with E-state index in [2.05, 4.69) is 15.0 Å². The van der Waals surface area contributed by atoms with E-state index in [1.165, 1.54) is 17.0 Å². The van der Waals surface area contributed by atoms with E-state index in [-0.39, 0.29) is 30.4 Å². The number of amides is 1. The van der Waals surface area contributed by atoms with Gasteiger partial charge < -0.3 is 9.84 Å². The lowest BCUT2D eigenvalue weighted by atomic mass is 10.1. The summed E-state index contributed by atoms with van der Waals surface area (Å²) in [4.78, 5) is 25.1. The summed E-state index contributed by atoms with van der Waals surface area (Å²) in [6, 6.07) is 5.32. The zero-order chi connectivity index (χ0) is 22.5. The number of nitrogens with zero attached hydrogens (tertiary/aromatic N) is 3. The van der Waals surface area contributed by atoms with Crippen LogP contribution in [0.2, 0.25) is 0 Å². The van der Waals surface area contributed by atoms with E-state index < -0.39 is 33.7 Å². The van der Waals surface area contributed by atoms with Crippen LogP contribution in [0, 0.1) is 12.8 Å². The number of carboxylic acid groups (broad SMARTS) is 1. The lowest BCUT2D eigenvalue weighted by Gasteiger charge is -2.26. The lowest BCUT2D eigenvalue weighted by Crippen LogP contribution is -2.43. The van der Waals surface area contributed by atoms with Crippen LogP contribution in [-0.4, -0.2) is 61.9 Å². The predicted molar refractivity (Wildman–Crippen MR) is 109 cm³/mol. The molecule has 0 spiro atoms. The molecule has 0 aliphatic carbocycles. The summed E-state index contributed by atoms with van der Waals surface area (Å²) in [5.74, 6) is -1.23. The Hall–Kier alpha value is -2.53. The molecule has 0 radical (unpaired) electrons. The normalized spacial score (nSPS) is 19.9. The highest BCUT2D eigenvalue weighted by atomic mass is 32.2. The van der Waals surface area contributed by atoms with Gasteiger partial charge in [0.1, 0.15) is 18.3 Å². The molecular formula is C19H28N4O6S. The predicted octanol–water partition coefficient (Wildman–Crippen LogP) is 2.39. The van der Waals surface area contributed by atoms with Crippen LogP contribution in [0.15, 0.2) is 38.8 Å². The molecule has 11 heteroatoms. The van der Waals surface area contributed by atoms with Crippen molar-refractivity contribution in [3.8, 4) is 0 Å². The fourth-order valence-electron chi connectivity index (χ4n) is 3.01. The fraction of sp³-hybridized carbons (Fsp3) is 0.579. The summed E-state index contributed by atoms with van der Waals surface area (Å²) >= 11 is 0. The average Bonchev–Trinajstić information content (AvgIpc) is 3.05. The highest BCUT2D eigenvalue weighted by Crippen LogP contribution is 2.25. The third-order valence-corrected chi connectivity index (χ3v) is 5.60. The molecule has 1 aromatic rings. The first-order valence-corrected chi connectivity index (χ1v) is 11.0. The standard InChI is InChI=1S/C19H28N4O6S/c1-13-5-7-15(8-6-13)30(27,28)22-21-12-20-10-14-9-16(17(24)25)23(11-14)18(26)29-19(2,3)4/h5-8,14,16,20H,9-12H2,1-4H3,(H,24,25)/t14-,16+/m0/s1. The number of ether oxygens (including phenoxy) is 1. The Morgan fingerprint density at radius 2 is 1.90 bits per heavy atom. The monoisotopic (exact) mass is 440 g/mol. The van der Waals surface area contributed by atoms with Gasteiger partial charge in [-0.2, -0.15) is 13.5 Å². The minimum Gasteiger partial charge on any atom is -0.480 e. The second-order valence-corrected chi connectivity index (χ2v) is 9.80. The van der Waals surface area contributed by atoms with Gasteiger partial charge in [-0.1, -0.05) is 22.2 Å². The molecule has 2 atom stereocenters. The van der Waals surface area contributed by atoms with Gasteiger partial charge in [0.25, 0.3) is 10.0 Å². The van der Waals surface area contributed by atoms with Crippen molar-refractivity contribution in [2.24, 2.45) is 15.6 Å². The number of aliphatic carboxylic acids is 1. The van der Waals surface area contributed by atoms with Crippen LogP contribution in [0.4, 0.5) is 4.79 Å². The van der Waals surface area contributed by atoms with Crippen molar-refractivity contribution in [2.45, 2.75) is 50.7 Å². The van der Waals surface area contributed by atoms with Crippen molar-refractivity contribution < 1.29 is 27.9 Å². The lowest BCUT2D eigenvalue weighted by molar-refractivity contribution is -0.142. The Labute approximate surface area is 176 Å². The summed E-state index contributed by atoms with van der Waals surface area (Å²) in [7, 11) is -3.86. The number of carbonyl (C=O) groups is 2. The van der Waals surface area contributed by atoms with Crippen molar-refractivity contribution in [1.29, 1.82) is 0 Å². The highest BCUT2D eigenvalue weighted by molar-refractivity contribution is 7.90. The Morgan fingerprint density at radius 3 is 2.47 bits per heavy atom. The van der Waals surface area contributed by atoms with Crippen LogP contribution in [0.25, 0.3) is 0 Å². The van der Waals surface area contributed by atoms with Crippen LogP contribution in [0.5, 0.6) is 0 Å². The largest absolute Gasteiger partial charge is 0.480 e. The second-order valence-electron chi connectivity index (χ2n) is 8.21. The highest BCUT2D eigenvalue weighted by Gasteiger charge is 2.41. The molecule has 1 amide bonds. The Bertz CT molecular complexity index is 893. The van der Waals surface area contributed by atoms with Gasteiger partial charge in [-0.25, -0.2) is 9.59 Å². The molecule has 1 aliphatic rings. The number of hydrogen-bond donors (Lipinski definition) is 2. The number of hydrogen-bond acceptors (Lipinski definition) is 7. The molecule has 0 bridgehead atoms. The first-order chi connectivity index (χ1) is 13.9. The number of carbonyl (C=O) groups excluding carboxylic acids is 1. The van der Waals surface area contributed by atoms with E-state index in [4.69, 9.17) is 4.74 Å². The number of aryl methyl sites for hydroxylation is 1. The van der Waals surface area contributed by atoms with Crippen molar-refractivity contribution in [3.05, 3.63) is 29.8 Å². The van der Waals surface area contributed by atoms with E-state index in [9.17, 15) is 23.1 Å². The molecule has 2 rings (SSSR count). The fourth-order valence-corrected chi connectivity index (χ4v) is 3.79. The van der Waals surface area contributed by atoms with Gasteiger partial charge in [0.05, 0.1) is 4.90 Å². The van der Waals surface area contributed by atoms with Crippen LogP contribution in [0.3, 0.4) is 0 Å². The van der Waals surface area contributed by atoms with Gasteiger partial charge in [0.2, 0.25) is 0 Å². The summed E-state index contributed by atoms with van der Waals surface area (Å²) in [5.41, 5.74) is 0.212. The third-order valence-electron chi connectivity index (χ3n) is 4.40. The number of rotatable bonds is 7. The molecule has 30 heavy (non-hydrogen) atoms. The minimum absolute atomic E-state index is 0.0498. The molecular weight excluding hydrogens is 412 g/mol. The van der Waals surface area contributed by atoms with Crippen molar-refractivity contribution in [2.75, 3.05) is 19.8 Å². The van der Waals surface area contributed by atoms with Crippen LogP contribution in [0.1, 0.15) is 32.8 Å². The average molecular weight is 441 g/mol. The van der Waals surface area contributed by atoms with Crippen molar-refractivity contribution in [1.82, 2.24) is 10.2 Å². The van der Waals surface area contributed by atoms with Gasteiger partial charge >= 0.3 is 12.1 Å². The van der Waals surface area contributed by atoms with Gasteiger partial charge in [-0.15, -0.1) is 0 Å². The van der Waals surface area contributed by atoms with E-state index in [1.807, 2.05) is 6.92 Å². The van der Waals surface area contributed by atoms with Crippen molar-refractivity contribution >= 4 is 22.1 Å². The number of sulfonamides is 1. The smallest absolute Gasteiger partial charge is 0.411 e. The van der Waals surface area contributed by atoms with Gasteiger partial charge in [0.15, 0.2) is 0 Å². The topological polar surface area (TPSA) is 138 Å². The second kappa shape index (κ2) is 9.52. The number of likely N-dealkylation sites (tertiary alicyclic amines) is 1. The molecule has 2 N–H and O–H groups in total.